The van der Waals surface area contributed by atoms with Crippen molar-refractivity contribution >= 4 is 32.2 Å². The predicted octanol–water partition coefficient (Wildman–Crippen LogP) is 3.29. The number of hydrogen-bond donors (Lipinski definition) is 1. The first-order valence-corrected chi connectivity index (χ1v) is 10.4. The Morgan fingerprint density at radius 3 is 2.50 bits per heavy atom. The van der Waals surface area contributed by atoms with Gasteiger partial charge < -0.3 is 10.0 Å². The van der Waals surface area contributed by atoms with Gasteiger partial charge in [0.1, 0.15) is 5.82 Å². The molecule has 1 aromatic carbocycles. The summed E-state index contributed by atoms with van der Waals surface area (Å²) in [6.07, 6.45) is 0. The van der Waals surface area contributed by atoms with Crippen molar-refractivity contribution in [2.24, 2.45) is 0 Å². The van der Waals surface area contributed by atoms with Gasteiger partial charge >= 0.3 is 0 Å². The Kier molecular flexibility index (Phi) is 5.00. The molecule has 0 unspecified atom stereocenters. The summed E-state index contributed by atoms with van der Waals surface area (Å²) >= 11 is 5.04. The smallest absolute Gasteiger partial charge is 0.230 e. The Labute approximate surface area is 165 Å². The quantitative estimate of drug-likeness (QED) is 0.680. The van der Waals surface area contributed by atoms with Gasteiger partial charge in [0.15, 0.2) is 0 Å². The van der Waals surface area contributed by atoms with Crippen molar-refractivity contribution in [1.82, 2.24) is 24.4 Å². The normalized spacial score (nSPS) is 17.8. The van der Waals surface area contributed by atoms with Crippen LogP contribution in [-0.2, 0) is 0 Å². The summed E-state index contributed by atoms with van der Waals surface area (Å²) in [6, 6.07) is 8.38. The third-order valence-electron chi connectivity index (χ3n) is 4.96. The summed E-state index contributed by atoms with van der Waals surface area (Å²) in [5, 5.41) is 15.2. The molecule has 1 atom stereocenters. The summed E-state index contributed by atoms with van der Waals surface area (Å²) < 4.78 is 2.61. The van der Waals surface area contributed by atoms with Crippen LogP contribution in [0.1, 0.15) is 29.2 Å². The van der Waals surface area contributed by atoms with Gasteiger partial charge in [-0.2, -0.15) is 4.52 Å². The molecule has 1 aliphatic rings. The number of nitrogens with zero attached hydrogens (tertiary/aromatic N) is 5. The van der Waals surface area contributed by atoms with E-state index >= 15 is 0 Å². The van der Waals surface area contributed by atoms with Crippen molar-refractivity contribution < 1.29 is 5.11 Å². The molecule has 6 nitrogen and oxygen atoms in total. The minimum absolute atomic E-state index is 0.0101. The molecule has 1 saturated heterocycles. The lowest BCUT2D eigenvalue weighted by Crippen LogP contribution is -2.47. The first kappa shape index (κ1) is 17.9. The van der Waals surface area contributed by atoms with Crippen LogP contribution in [0.5, 0.6) is 5.88 Å². The number of halogens is 1. The van der Waals surface area contributed by atoms with E-state index < -0.39 is 0 Å². The Balaban J connectivity index is 1.75. The lowest BCUT2D eigenvalue weighted by Gasteiger charge is -2.38. The molecule has 3 heterocycles. The number of fused-ring (bicyclic) bond motifs is 1. The van der Waals surface area contributed by atoms with Crippen molar-refractivity contribution in [3.8, 4) is 5.88 Å². The van der Waals surface area contributed by atoms with Crippen LogP contribution in [0.25, 0.3) is 4.96 Å². The number of aryl methyl sites for hydroxylation is 1. The van der Waals surface area contributed by atoms with Gasteiger partial charge in [0, 0.05) is 30.7 Å². The molecule has 0 bridgehead atoms. The zero-order valence-electron chi connectivity index (χ0n) is 14.9. The average molecular weight is 436 g/mol. The Hall–Kier alpha value is -1.48. The Bertz CT molecular complexity index is 898. The summed E-state index contributed by atoms with van der Waals surface area (Å²) in [7, 11) is 0. The summed E-state index contributed by atoms with van der Waals surface area (Å²) in [5.74, 6) is 0.881. The third kappa shape index (κ3) is 3.26. The molecule has 0 aliphatic carbocycles. The van der Waals surface area contributed by atoms with Crippen molar-refractivity contribution in [3.05, 3.63) is 45.0 Å². The molecule has 8 heteroatoms. The van der Waals surface area contributed by atoms with Crippen LogP contribution in [0.2, 0.25) is 0 Å². The number of thiazole rings is 1. The van der Waals surface area contributed by atoms with Crippen LogP contribution >= 0.6 is 27.3 Å². The van der Waals surface area contributed by atoms with Gasteiger partial charge in [-0.15, -0.1) is 5.10 Å². The topological polar surface area (TPSA) is 56.9 Å². The largest absolute Gasteiger partial charge is 0.492 e. The van der Waals surface area contributed by atoms with Gasteiger partial charge in [-0.3, -0.25) is 4.90 Å². The first-order valence-electron chi connectivity index (χ1n) is 8.83. The lowest BCUT2D eigenvalue weighted by molar-refractivity contribution is 0.113. The van der Waals surface area contributed by atoms with E-state index in [1.165, 1.54) is 16.9 Å². The van der Waals surface area contributed by atoms with Crippen molar-refractivity contribution in [1.29, 1.82) is 0 Å². The molecule has 138 valence electrons. The zero-order chi connectivity index (χ0) is 18.3. The molecule has 0 spiro atoms. The van der Waals surface area contributed by atoms with Gasteiger partial charge in [-0.25, -0.2) is 4.98 Å². The first-order chi connectivity index (χ1) is 12.6. The molecule has 1 N–H and O–H groups in total. The lowest BCUT2D eigenvalue weighted by atomic mass is 10.0. The monoisotopic (exact) mass is 435 g/mol. The van der Waals surface area contributed by atoms with E-state index in [1.807, 2.05) is 6.92 Å². The standard InChI is InChI=1S/C18H22BrN5OS/c1-3-22-8-10-23(11-9-22)15(13-4-6-14(19)7-5-13)16-17(25)24-18(26-16)20-12(2)21-24/h4-7,15,25H,3,8-11H2,1-2H3/t15-/m1/s1. The molecule has 0 radical (unpaired) electrons. The molecule has 3 aromatic rings. The molecule has 0 amide bonds. The maximum atomic E-state index is 10.8. The Morgan fingerprint density at radius 2 is 1.88 bits per heavy atom. The van der Waals surface area contributed by atoms with Crippen LogP contribution in [-0.4, -0.2) is 62.2 Å². The van der Waals surface area contributed by atoms with Gasteiger partial charge in [0.25, 0.3) is 0 Å². The van der Waals surface area contributed by atoms with E-state index in [0.717, 1.165) is 47.0 Å². The van der Waals surface area contributed by atoms with Crippen LogP contribution in [0.4, 0.5) is 0 Å². The summed E-state index contributed by atoms with van der Waals surface area (Å²) in [6.45, 7) is 9.17. The fourth-order valence-electron chi connectivity index (χ4n) is 3.54. The van der Waals surface area contributed by atoms with Crippen LogP contribution < -0.4 is 0 Å². The maximum absolute atomic E-state index is 10.8. The number of aromatic nitrogens is 3. The van der Waals surface area contributed by atoms with E-state index in [0.29, 0.717) is 5.82 Å². The van der Waals surface area contributed by atoms with E-state index in [-0.39, 0.29) is 11.9 Å². The second-order valence-electron chi connectivity index (χ2n) is 6.57. The molecular formula is C18H22BrN5OS. The minimum Gasteiger partial charge on any atom is -0.492 e. The highest BCUT2D eigenvalue weighted by Crippen LogP contribution is 2.40. The second kappa shape index (κ2) is 7.26. The van der Waals surface area contributed by atoms with Crippen LogP contribution in [0.15, 0.2) is 28.7 Å². The number of likely N-dealkylation sites (N-methyl/N-ethyl adjacent to an activating group) is 1. The zero-order valence-corrected chi connectivity index (χ0v) is 17.3. The number of hydrogen-bond acceptors (Lipinski definition) is 6. The summed E-state index contributed by atoms with van der Waals surface area (Å²) in [4.78, 5) is 11.0. The summed E-state index contributed by atoms with van der Waals surface area (Å²) in [5.41, 5.74) is 1.18. The van der Waals surface area contributed by atoms with Crippen LogP contribution in [0.3, 0.4) is 0 Å². The minimum atomic E-state index is 0.0101. The molecule has 2 aromatic heterocycles. The van der Waals surface area contributed by atoms with E-state index in [9.17, 15) is 5.11 Å². The van der Waals surface area contributed by atoms with Gasteiger partial charge in [-0.1, -0.05) is 46.3 Å². The predicted molar refractivity (Wildman–Crippen MR) is 107 cm³/mol. The Morgan fingerprint density at radius 1 is 1.19 bits per heavy atom. The number of rotatable bonds is 4. The van der Waals surface area contributed by atoms with E-state index in [2.05, 4.69) is 67.0 Å². The molecular weight excluding hydrogens is 414 g/mol. The second-order valence-corrected chi connectivity index (χ2v) is 8.49. The van der Waals surface area contributed by atoms with Gasteiger partial charge in [-0.05, 0) is 31.2 Å². The van der Waals surface area contributed by atoms with Crippen LogP contribution in [0, 0.1) is 6.92 Å². The van der Waals surface area contributed by atoms with Gasteiger partial charge in [0.2, 0.25) is 10.8 Å². The number of benzene rings is 1. The third-order valence-corrected chi connectivity index (χ3v) is 6.56. The fourth-order valence-corrected chi connectivity index (χ4v) is 4.96. The highest BCUT2D eigenvalue weighted by molar-refractivity contribution is 9.10. The highest BCUT2D eigenvalue weighted by atomic mass is 79.9. The number of piperazine rings is 1. The molecule has 26 heavy (non-hydrogen) atoms. The maximum Gasteiger partial charge on any atom is 0.230 e. The molecule has 4 rings (SSSR count). The SMILES string of the molecule is CCN1CCN([C@H](c2ccc(Br)cc2)c2sc3nc(C)nn3c2O)CC1. The van der Waals surface area contributed by atoms with E-state index in [4.69, 9.17) is 0 Å². The number of aromatic hydroxyl groups is 1. The van der Waals surface area contributed by atoms with Crippen molar-refractivity contribution in [2.75, 3.05) is 32.7 Å². The average Bonchev–Trinajstić information content (AvgIpc) is 3.15. The molecule has 0 saturated carbocycles. The van der Waals surface area contributed by atoms with Gasteiger partial charge in [0.05, 0.1) is 10.9 Å². The molecule has 1 aliphatic heterocycles. The molecule has 1 fully saturated rings. The van der Waals surface area contributed by atoms with Crippen molar-refractivity contribution in [3.63, 3.8) is 0 Å². The van der Waals surface area contributed by atoms with E-state index in [1.54, 1.807) is 4.52 Å². The van der Waals surface area contributed by atoms with Crippen molar-refractivity contribution in [2.45, 2.75) is 19.9 Å². The highest BCUT2D eigenvalue weighted by Gasteiger charge is 2.31. The fraction of sp³-hybridized carbons (Fsp3) is 0.444.